The highest BCUT2D eigenvalue weighted by atomic mass is 79.9. The number of methoxy groups -OCH3 is 1. The van der Waals surface area contributed by atoms with E-state index in [9.17, 15) is 14.3 Å². The van der Waals surface area contributed by atoms with Gasteiger partial charge in [0.15, 0.2) is 5.65 Å². The first kappa shape index (κ1) is 22.7. The van der Waals surface area contributed by atoms with Crippen molar-refractivity contribution in [1.29, 1.82) is 0 Å². The predicted octanol–water partition coefficient (Wildman–Crippen LogP) is 4.80. The summed E-state index contributed by atoms with van der Waals surface area (Å²) >= 11 is 3.59. The maximum atomic E-state index is 13.7. The molecule has 0 bridgehead atoms. The smallest absolute Gasteiger partial charge is 0.311 e. The van der Waals surface area contributed by atoms with Crippen molar-refractivity contribution in [2.75, 3.05) is 19.5 Å². The molecule has 1 aliphatic carbocycles. The lowest BCUT2D eigenvalue weighted by molar-refractivity contribution is -0.155. The van der Waals surface area contributed by atoms with Crippen molar-refractivity contribution >= 4 is 44.3 Å². The van der Waals surface area contributed by atoms with Gasteiger partial charge in [-0.15, -0.1) is 0 Å². The topological polar surface area (TPSA) is 116 Å². The molecule has 8 nitrogen and oxygen atoms in total. The Balaban J connectivity index is 1.55. The van der Waals surface area contributed by atoms with Crippen LogP contribution in [0.3, 0.4) is 0 Å². The molecular weight excluding hydrogens is 505 g/mol. The van der Waals surface area contributed by atoms with E-state index < -0.39 is 11.4 Å². The minimum absolute atomic E-state index is 0.0394. The summed E-state index contributed by atoms with van der Waals surface area (Å²) in [5.74, 6) is -0.702. The summed E-state index contributed by atoms with van der Waals surface area (Å²) in [6.07, 6.45) is 5.67. The zero-order valence-corrected chi connectivity index (χ0v) is 20.0. The first-order valence-electron chi connectivity index (χ1n) is 10.9. The molecule has 5 rings (SSSR count). The largest absolute Gasteiger partial charge is 0.481 e. The Morgan fingerprint density at radius 1 is 1.32 bits per heavy atom. The number of fused-ring (bicyclic) bond motifs is 2. The van der Waals surface area contributed by atoms with Crippen LogP contribution in [-0.4, -0.2) is 44.4 Å². The van der Waals surface area contributed by atoms with Crippen molar-refractivity contribution in [3.8, 4) is 11.1 Å². The molecule has 1 fully saturated rings. The number of nitrogens with zero attached hydrogens (tertiary/aromatic N) is 4. The first-order valence-corrected chi connectivity index (χ1v) is 11.7. The molecule has 34 heavy (non-hydrogen) atoms. The number of hydrogen-bond donors (Lipinski definition) is 2. The third-order valence-corrected chi connectivity index (χ3v) is 7.62. The summed E-state index contributed by atoms with van der Waals surface area (Å²) in [5, 5.41) is 14.9. The van der Waals surface area contributed by atoms with E-state index in [2.05, 4.69) is 26.0 Å². The lowest BCUT2D eigenvalue weighted by Gasteiger charge is -2.36. The number of aromatic nitrogens is 4. The number of aliphatic carboxylic acids is 1. The number of pyridine rings is 1. The summed E-state index contributed by atoms with van der Waals surface area (Å²) in [4.78, 5) is 21.3. The van der Waals surface area contributed by atoms with Crippen LogP contribution in [-0.2, 0) is 9.53 Å². The van der Waals surface area contributed by atoms with E-state index in [1.807, 2.05) is 6.07 Å². The predicted molar refractivity (Wildman–Crippen MR) is 129 cm³/mol. The number of benzene rings is 1. The molecule has 1 aliphatic rings. The normalized spacial score (nSPS) is 20.7. The number of nitrogens with two attached hydrogens (primary N) is 1. The number of ether oxygens (including phenoxy) is 1. The Bertz CT molecular complexity index is 1420. The molecule has 10 heteroatoms. The number of carboxylic acids is 1. The molecule has 0 radical (unpaired) electrons. The minimum atomic E-state index is -0.874. The highest BCUT2D eigenvalue weighted by Gasteiger charge is 2.43. The highest BCUT2D eigenvalue weighted by molar-refractivity contribution is 9.10. The molecule has 0 amide bonds. The molecule has 1 aromatic carbocycles. The van der Waals surface area contributed by atoms with E-state index >= 15 is 0 Å². The van der Waals surface area contributed by atoms with Gasteiger partial charge in [0.25, 0.3) is 0 Å². The maximum Gasteiger partial charge on any atom is 0.311 e. The summed E-state index contributed by atoms with van der Waals surface area (Å²) in [5.41, 5.74) is 9.06. The lowest BCUT2D eigenvalue weighted by Crippen LogP contribution is -2.39. The van der Waals surface area contributed by atoms with Crippen LogP contribution in [0.2, 0.25) is 0 Å². The number of rotatable bonds is 5. The van der Waals surface area contributed by atoms with Crippen molar-refractivity contribution in [2.24, 2.45) is 5.41 Å². The van der Waals surface area contributed by atoms with Gasteiger partial charge in [-0.2, -0.15) is 9.61 Å². The third-order valence-electron chi connectivity index (χ3n) is 6.81. The maximum absolute atomic E-state index is 13.7. The first-order chi connectivity index (χ1) is 16.3. The van der Waals surface area contributed by atoms with Gasteiger partial charge in [0.1, 0.15) is 11.6 Å². The van der Waals surface area contributed by atoms with Gasteiger partial charge in [-0.25, -0.2) is 9.37 Å². The monoisotopic (exact) mass is 527 g/mol. The molecule has 0 saturated heterocycles. The molecule has 0 atom stereocenters. The van der Waals surface area contributed by atoms with Crippen LogP contribution in [0.5, 0.6) is 0 Å². The van der Waals surface area contributed by atoms with Gasteiger partial charge in [0.2, 0.25) is 0 Å². The van der Waals surface area contributed by atoms with Crippen molar-refractivity contribution in [3.63, 3.8) is 0 Å². The van der Waals surface area contributed by atoms with Gasteiger partial charge < -0.3 is 15.6 Å². The molecule has 4 aromatic rings. The van der Waals surface area contributed by atoms with Gasteiger partial charge in [0, 0.05) is 35.7 Å². The van der Waals surface area contributed by atoms with Gasteiger partial charge in [-0.05, 0) is 65.9 Å². The highest BCUT2D eigenvalue weighted by Crippen LogP contribution is 2.45. The van der Waals surface area contributed by atoms with Crippen molar-refractivity contribution in [2.45, 2.75) is 31.6 Å². The van der Waals surface area contributed by atoms with Crippen LogP contribution in [0.25, 0.3) is 27.7 Å². The second-order valence-corrected chi connectivity index (χ2v) is 9.64. The SMILES string of the molecule is COC[C@]1(C(=O)O)CC[C@H](c2nc3c(-c4cnc5ccc(F)cc5c4)cnn3c(N)c2Br)CC1. The van der Waals surface area contributed by atoms with Crippen LogP contribution < -0.4 is 5.73 Å². The van der Waals surface area contributed by atoms with E-state index in [0.717, 1.165) is 16.8 Å². The number of hydrogen-bond acceptors (Lipinski definition) is 6. The fourth-order valence-electron chi connectivity index (χ4n) is 4.88. The summed E-state index contributed by atoms with van der Waals surface area (Å²) < 4.78 is 21.2. The summed E-state index contributed by atoms with van der Waals surface area (Å²) in [6, 6.07) is 6.32. The van der Waals surface area contributed by atoms with Crippen LogP contribution in [0, 0.1) is 11.2 Å². The van der Waals surface area contributed by atoms with Crippen molar-refractivity contribution in [1.82, 2.24) is 19.6 Å². The number of carbonyl (C=O) groups is 1. The molecule has 0 unspecified atom stereocenters. The van der Waals surface area contributed by atoms with E-state index in [1.165, 1.54) is 19.2 Å². The number of anilines is 1. The van der Waals surface area contributed by atoms with Crippen LogP contribution in [0.15, 0.2) is 41.1 Å². The molecule has 3 aromatic heterocycles. The van der Waals surface area contributed by atoms with Crippen LogP contribution in [0.1, 0.15) is 37.3 Å². The molecule has 1 saturated carbocycles. The van der Waals surface area contributed by atoms with E-state index in [4.69, 9.17) is 15.5 Å². The fourth-order valence-corrected chi connectivity index (χ4v) is 5.46. The fraction of sp³-hybridized carbons (Fsp3) is 0.333. The van der Waals surface area contributed by atoms with Crippen LogP contribution >= 0.6 is 15.9 Å². The van der Waals surface area contributed by atoms with Crippen LogP contribution in [0.4, 0.5) is 10.2 Å². The Hall–Kier alpha value is -3.11. The average molecular weight is 528 g/mol. The summed E-state index contributed by atoms with van der Waals surface area (Å²) in [7, 11) is 1.53. The quantitative estimate of drug-likeness (QED) is 0.382. The standard InChI is InChI=1S/C24H23BrFN5O3/c1-34-12-24(23(32)33)6-4-13(5-7-24)20-19(25)21(27)31-22(30-20)17(11-29-31)15-8-14-9-16(26)2-3-18(14)28-10-15/h2-3,8-11,13H,4-7,12,27H2,1H3,(H,32,33)/t13-,24-. The minimum Gasteiger partial charge on any atom is -0.481 e. The van der Waals surface area contributed by atoms with Crippen molar-refractivity contribution in [3.05, 3.63) is 52.6 Å². The Labute approximate surface area is 203 Å². The Kier molecular flexibility index (Phi) is 5.73. The lowest BCUT2D eigenvalue weighted by atomic mass is 9.70. The Morgan fingerprint density at radius 2 is 2.09 bits per heavy atom. The third kappa shape index (κ3) is 3.70. The summed E-state index contributed by atoms with van der Waals surface area (Å²) in [6.45, 7) is 0.188. The second kappa shape index (κ2) is 8.59. The number of halogens is 2. The molecule has 3 heterocycles. The molecule has 0 aliphatic heterocycles. The van der Waals surface area contributed by atoms with Gasteiger partial charge in [-0.3, -0.25) is 9.78 Å². The average Bonchev–Trinajstić information content (AvgIpc) is 3.25. The van der Waals surface area contributed by atoms with Crippen molar-refractivity contribution < 1.29 is 19.0 Å². The molecular formula is C24H23BrFN5O3. The molecule has 0 spiro atoms. The zero-order chi connectivity index (χ0) is 24.0. The zero-order valence-electron chi connectivity index (χ0n) is 18.5. The van der Waals surface area contributed by atoms with Gasteiger partial charge >= 0.3 is 5.97 Å². The molecule has 3 N–H and O–H groups in total. The second-order valence-electron chi connectivity index (χ2n) is 8.84. The van der Waals surface area contributed by atoms with Gasteiger partial charge in [-0.1, -0.05) is 0 Å². The van der Waals surface area contributed by atoms with E-state index in [1.54, 1.807) is 23.0 Å². The van der Waals surface area contributed by atoms with E-state index in [-0.39, 0.29) is 18.3 Å². The number of nitrogen functional groups attached to an aromatic ring is 1. The Morgan fingerprint density at radius 3 is 2.79 bits per heavy atom. The molecule has 176 valence electrons. The van der Waals surface area contributed by atoms with Gasteiger partial charge in [0.05, 0.1) is 33.9 Å². The number of carboxylic acid groups (broad SMARTS) is 1. The van der Waals surface area contributed by atoms with E-state index in [0.29, 0.717) is 52.5 Å².